The fourth-order valence-corrected chi connectivity index (χ4v) is 1.80. The molecular formula is C9H10OS. The second-order valence-electron chi connectivity index (χ2n) is 3.05. The van der Waals surface area contributed by atoms with Crippen LogP contribution >= 0.6 is 11.3 Å². The fraction of sp³-hybridized carbons (Fsp3) is 0.444. The van der Waals surface area contributed by atoms with Crippen LogP contribution in [0.25, 0.3) is 0 Å². The smallest absolute Gasteiger partial charge is 0.173 e. The molecule has 0 aromatic carbocycles. The van der Waals surface area contributed by atoms with Crippen molar-refractivity contribution in [3.8, 4) is 0 Å². The lowest BCUT2D eigenvalue weighted by Crippen LogP contribution is -1.95. The van der Waals surface area contributed by atoms with Gasteiger partial charge in [0.2, 0.25) is 0 Å². The van der Waals surface area contributed by atoms with E-state index in [0.29, 0.717) is 11.7 Å². The van der Waals surface area contributed by atoms with E-state index in [4.69, 9.17) is 0 Å². The van der Waals surface area contributed by atoms with E-state index in [9.17, 15) is 4.79 Å². The van der Waals surface area contributed by atoms with E-state index in [1.807, 2.05) is 17.5 Å². The van der Waals surface area contributed by atoms with Crippen LogP contribution in [0, 0.1) is 5.92 Å². The molecule has 1 aliphatic carbocycles. The van der Waals surface area contributed by atoms with Crippen LogP contribution in [0.4, 0.5) is 0 Å². The highest BCUT2D eigenvalue weighted by atomic mass is 32.1. The molecule has 0 saturated heterocycles. The van der Waals surface area contributed by atoms with Gasteiger partial charge in [-0.05, 0) is 30.2 Å². The summed E-state index contributed by atoms with van der Waals surface area (Å²) in [4.78, 5) is 12.3. The zero-order chi connectivity index (χ0) is 7.68. The van der Waals surface area contributed by atoms with Crippen LogP contribution in [-0.2, 0) is 0 Å². The molecule has 0 aliphatic heterocycles. The Morgan fingerprint density at radius 2 is 2.45 bits per heavy atom. The Labute approximate surface area is 70.1 Å². The van der Waals surface area contributed by atoms with Gasteiger partial charge in [0.05, 0.1) is 4.88 Å². The number of rotatable bonds is 3. The van der Waals surface area contributed by atoms with Crippen molar-refractivity contribution >= 4 is 17.1 Å². The van der Waals surface area contributed by atoms with Crippen LogP contribution < -0.4 is 0 Å². The molecule has 11 heavy (non-hydrogen) atoms. The summed E-state index contributed by atoms with van der Waals surface area (Å²) in [6.45, 7) is 0. The van der Waals surface area contributed by atoms with E-state index >= 15 is 0 Å². The second-order valence-corrected chi connectivity index (χ2v) is 4.00. The number of carbonyl (C=O) groups is 1. The Hall–Kier alpha value is -0.630. The van der Waals surface area contributed by atoms with E-state index in [0.717, 1.165) is 11.3 Å². The van der Waals surface area contributed by atoms with E-state index < -0.39 is 0 Å². The van der Waals surface area contributed by atoms with Crippen molar-refractivity contribution in [3.63, 3.8) is 0 Å². The van der Waals surface area contributed by atoms with Crippen LogP contribution in [-0.4, -0.2) is 5.78 Å². The molecule has 0 N–H and O–H groups in total. The Bertz CT molecular complexity index is 247. The maximum absolute atomic E-state index is 11.4. The number of hydrogen-bond acceptors (Lipinski definition) is 2. The lowest BCUT2D eigenvalue weighted by Gasteiger charge is -1.92. The van der Waals surface area contributed by atoms with E-state index in [2.05, 4.69) is 0 Å². The highest BCUT2D eigenvalue weighted by Crippen LogP contribution is 2.33. The van der Waals surface area contributed by atoms with Gasteiger partial charge in [0.1, 0.15) is 0 Å². The summed E-state index contributed by atoms with van der Waals surface area (Å²) in [5.41, 5.74) is 0. The molecule has 0 radical (unpaired) electrons. The Morgan fingerprint density at radius 3 is 3.00 bits per heavy atom. The molecular weight excluding hydrogens is 156 g/mol. The average molecular weight is 166 g/mol. The molecule has 2 heteroatoms. The van der Waals surface area contributed by atoms with Gasteiger partial charge in [0, 0.05) is 6.42 Å². The first kappa shape index (κ1) is 7.04. The van der Waals surface area contributed by atoms with Gasteiger partial charge in [-0.15, -0.1) is 11.3 Å². The lowest BCUT2D eigenvalue weighted by molar-refractivity contribution is 0.0980. The van der Waals surface area contributed by atoms with Crippen LogP contribution in [0.3, 0.4) is 0 Å². The summed E-state index contributed by atoms with van der Waals surface area (Å²) in [5, 5.41) is 1.96. The number of hydrogen-bond donors (Lipinski definition) is 0. The molecule has 1 heterocycles. The van der Waals surface area contributed by atoms with Crippen LogP contribution in [0.2, 0.25) is 0 Å². The maximum atomic E-state index is 11.4. The van der Waals surface area contributed by atoms with E-state index in [1.54, 1.807) is 11.3 Å². The largest absolute Gasteiger partial charge is 0.293 e. The van der Waals surface area contributed by atoms with Crippen molar-refractivity contribution in [2.24, 2.45) is 5.92 Å². The average Bonchev–Trinajstić information content (AvgIpc) is 2.67. The normalized spacial score (nSPS) is 16.7. The van der Waals surface area contributed by atoms with Crippen LogP contribution in [0.15, 0.2) is 17.5 Å². The molecule has 58 valence electrons. The zero-order valence-electron chi connectivity index (χ0n) is 6.25. The molecule has 1 nitrogen and oxygen atoms in total. The molecule has 2 rings (SSSR count). The fourth-order valence-electron chi connectivity index (χ4n) is 1.12. The number of carbonyl (C=O) groups excluding carboxylic acids is 1. The molecule has 0 amide bonds. The minimum atomic E-state index is 0.336. The van der Waals surface area contributed by atoms with Gasteiger partial charge in [0.25, 0.3) is 0 Å². The van der Waals surface area contributed by atoms with Crippen LogP contribution in [0.5, 0.6) is 0 Å². The van der Waals surface area contributed by atoms with E-state index in [1.165, 1.54) is 12.8 Å². The molecule has 1 aromatic heterocycles. The molecule has 0 unspecified atom stereocenters. The first-order valence-corrected chi connectivity index (χ1v) is 4.81. The summed E-state index contributed by atoms with van der Waals surface area (Å²) < 4.78 is 0. The van der Waals surface area contributed by atoms with Crippen molar-refractivity contribution in [2.45, 2.75) is 19.3 Å². The summed E-state index contributed by atoms with van der Waals surface area (Å²) in [5.74, 6) is 1.05. The van der Waals surface area contributed by atoms with Gasteiger partial charge in [-0.3, -0.25) is 4.79 Å². The monoisotopic (exact) mass is 166 g/mol. The lowest BCUT2D eigenvalue weighted by atomic mass is 10.2. The molecule has 1 aromatic rings. The number of ketones is 1. The quantitative estimate of drug-likeness (QED) is 0.631. The van der Waals surface area contributed by atoms with Gasteiger partial charge in [0.15, 0.2) is 5.78 Å². The molecule has 0 bridgehead atoms. The predicted molar refractivity (Wildman–Crippen MR) is 46.0 cm³/mol. The first-order chi connectivity index (χ1) is 5.36. The number of thiophene rings is 1. The predicted octanol–water partition coefficient (Wildman–Crippen LogP) is 2.73. The van der Waals surface area contributed by atoms with Gasteiger partial charge in [-0.1, -0.05) is 6.07 Å². The van der Waals surface area contributed by atoms with Crippen molar-refractivity contribution in [3.05, 3.63) is 22.4 Å². The Morgan fingerprint density at radius 1 is 1.64 bits per heavy atom. The van der Waals surface area contributed by atoms with Crippen molar-refractivity contribution in [2.75, 3.05) is 0 Å². The summed E-state index contributed by atoms with van der Waals surface area (Å²) >= 11 is 1.55. The maximum Gasteiger partial charge on any atom is 0.173 e. The van der Waals surface area contributed by atoms with Gasteiger partial charge in [-0.25, -0.2) is 0 Å². The second kappa shape index (κ2) is 2.78. The zero-order valence-corrected chi connectivity index (χ0v) is 7.06. The van der Waals surface area contributed by atoms with Crippen LogP contribution in [0.1, 0.15) is 28.9 Å². The minimum Gasteiger partial charge on any atom is -0.293 e. The van der Waals surface area contributed by atoms with Crippen molar-refractivity contribution < 1.29 is 4.79 Å². The summed E-state index contributed by atoms with van der Waals surface area (Å²) in [7, 11) is 0. The van der Waals surface area contributed by atoms with Gasteiger partial charge in [-0.2, -0.15) is 0 Å². The Kier molecular flexibility index (Phi) is 1.78. The van der Waals surface area contributed by atoms with Gasteiger partial charge < -0.3 is 0 Å². The third-order valence-corrected chi connectivity index (χ3v) is 2.88. The Balaban J connectivity index is 1.99. The minimum absolute atomic E-state index is 0.336. The molecule has 1 aliphatic rings. The highest BCUT2D eigenvalue weighted by molar-refractivity contribution is 7.12. The van der Waals surface area contributed by atoms with E-state index in [-0.39, 0.29) is 0 Å². The third kappa shape index (κ3) is 1.69. The number of Topliss-reactive ketones (excluding diaryl/α,β-unsaturated/α-hetero) is 1. The van der Waals surface area contributed by atoms with Gasteiger partial charge >= 0.3 is 0 Å². The molecule has 0 spiro atoms. The molecule has 0 atom stereocenters. The third-order valence-electron chi connectivity index (χ3n) is 1.97. The highest BCUT2D eigenvalue weighted by Gasteiger charge is 2.24. The van der Waals surface area contributed by atoms with Crippen molar-refractivity contribution in [1.82, 2.24) is 0 Å². The summed E-state index contributed by atoms with van der Waals surface area (Å²) in [6, 6.07) is 3.85. The SMILES string of the molecule is O=C(CC1CC1)c1cccs1. The topological polar surface area (TPSA) is 17.1 Å². The summed E-state index contributed by atoms with van der Waals surface area (Å²) in [6.07, 6.45) is 3.30. The molecule has 1 fully saturated rings. The first-order valence-electron chi connectivity index (χ1n) is 3.93. The molecule has 1 saturated carbocycles. The standard InChI is InChI=1S/C9H10OS/c10-8(6-7-3-4-7)9-2-1-5-11-9/h1-2,5,7H,3-4,6H2. The van der Waals surface area contributed by atoms with Crippen molar-refractivity contribution in [1.29, 1.82) is 0 Å².